The molecule has 0 aromatic rings. The molecule has 1 N–H and O–H groups in total. The molecule has 1 saturated carbocycles. The van der Waals surface area contributed by atoms with Crippen LogP contribution in [0.15, 0.2) is 12.2 Å². The Balaban J connectivity index is 2.65. The molecule has 1 rings (SSSR count). The molecule has 73 valence electrons. The van der Waals surface area contributed by atoms with Gasteiger partial charge in [-0.3, -0.25) is 10.5 Å². The lowest BCUT2D eigenvalue weighted by Gasteiger charge is -2.42. The number of carbonyl (C=O) groups is 1. The van der Waals surface area contributed by atoms with Crippen molar-refractivity contribution in [2.45, 2.75) is 18.3 Å². The van der Waals surface area contributed by atoms with Crippen molar-refractivity contribution in [3.63, 3.8) is 0 Å². The number of nitrogens with one attached hydrogen (secondary N) is 1. The average Bonchev–Trinajstić information content (AvgIpc) is 1.97. The van der Waals surface area contributed by atoms with Gasteiger partial charge in [0.25, 0.3) is 5.91 Å². The summed E-state index contributed by atoms with van der Waals surface area (Å²) in [6.45, 7) is 0. The Morgan fingerprint density at radius 3 is 2.23 bits per heavy atom. The quantitative estimate of drug-likeness (QED) is 0.489. The number of allylic oxidation sites excluding steroid dienone is 1. The highest BCUT2D eigenvalue weighted by Crippen LogP contribution is 2.55. The normalized spacial score (nSPS) is 30.0. The van der Waals surface area contributed by atoms with E-state index in [-0.39, 0.29) is 0 Å². The summed E-state index contributed by atoms with van der Waals surface area (Å²) in [5.74, 6) is -10.9. The minimum atomic E-state index is -4.08. The van der Waals surface area contributed by atoms with Crippen LogP contribution in [0.4, 0.5) is 17.6 Å². The van der Waals surface area contributed by atoms with Crippen molar-refractivity contribution in [3.8, 4) is 0 Å². The van der Waals surface area contributed by atoms with Crippen LogP contribution < -0.4 is 5.73 Å². The molecule has 1 fully saturated rings. The maximum atomic E-state index is 12.5. The molecule has 0 bridgehead atoms. The minimum Gasteiger partial charge on any atom is -0.268 e. The molecular formula is C7H6F4NO. The van der Waals surface area contributed by atoms with Gasteiger partial charge in [-0.05, 0) is 0 Å². The number of hydrogen-bond acceptors (Lipinski definition) is 1. The molecular weight excluding hydrogens is 190 g/mol. The van der Waals surface area contributed by atoms with Gasteiger partial charge in [-0.15, -0.1) is 0 Å². The molecule has 1 radical (unpaired) electrons. The molecule has 0 saturated heterocycles. The monoisotopic (exact) mass is 196 g/mol. The third-order valence-corrected chi connectivity index (χ3v) is 1.91. The Labute approximate surface area is 71.4 Å². The summed E-state index contributed by atoms with van der Waals surface area (Å²) in [6, 6.07) is 0. The van der Waals surface area contributed by atoms with Crippen LogP contribution in [0.3, 0.4) is 0 Å². The van der Waals surface area contributed by atoms with E-state index in [0.717, 1.165) is 0 Å². The summed E-state index contributed by atoms with van der Waals surface area (Å²) in [5.41, 5.74) is 6.34. The first-order valence-corrected chi connectivity index (χ1v) is 3.47. The second-order valence-corrected chi connectivity index (χ2v) is 2.86. The van der Waals surface area contributed by atoms with Crippen LogP contribution in [0.5, 0.6) is 0 Å². The van der Waals surface area contributed by atoms with Crippen LogP contribution in [0.1, 0.15) is 6.42 Å². The molecule has 1 aliphatic rings. The zero-order valence-electron chi connectivity index (χ0n) is 6.36. The van der Waals surface area contributed by atoms with Crippen LogP contribution in [0.2, 0.25) is 0 Å². The van der Waals surface area contributed by atoms with Crippen molar-refractivity contribution in [1.82, 2.24) is 5.73 Å². The number of hydrogen-bond donors (Lipinski definition) is 0. The Morgan fingerprint density at radius 1 is 1.38 bits per heavy atom. The summed E-state index contributed by atoms with van der Waals surface area (Å²) >= 11 is 0. The van der Waals surface area contributed by atoms with Crippen molar-refractivity contribution >= 4 is 5.91 Å². The first-order valence-electron chi connectivity index (χ1n) is 3.47. The summed E-state index contributed by atoms with van der Waals surface area (Å²) in [5, 5.41) is 0. The van der Waals surface area contributed by atoms with E-state index in [9.17, 15) is 22.4 Å². The van der Waals surface area contributed by atoms with Gasteiger partial charge in [-0.25, -0.2) is 0 Å². The van der Waals surface area contributed by atoms with Crippen molar-refractivity contribution < 1.29 is 22.4 Å². The van der Waals surface area contributed by atoms with Gasteiger partial charge in [0.05, 0.1) is 5.92 Å². The highest BCUT2D eigenvalue weighted by molar-refractivity contribution is 5.85. The molecule has 0 aliphatic heterocycles. The summed E-state index contributed by atoms with van der Waals surface area (Å²) in [6.07, 6.45) is 0.254. The molecule has 1 amide bonds. The SMILES string of the molecule is [NH]C(=O)/C=C/C1CC(F)(F)C1(F)F. The molecule has 13 heavy (non-hydrogen) atoms. The summed E-state index contributed by atoms with van der Waals surface area (Å²) in [4.78, 5) is 10.0. The van der Waals surface area contributed by atoms with E-state index in [1.165, 1.54) is 0 Å². The lowest BCUT2D eigenvalue weighted by Crippen LogP contribution is -2.57. The van der Waals surface area contributed by atoms with Crippen LogP contribution >= 0.6 is 0 Å². The lowest BCUT2D eigenvalue weighted by atomic mass is 9.76. The van der Waals surface area contributed by atoms with E-state index < -0.39 is 30.1 Å². The van der Waals surface area contributed by atoms with E-state index in [4.69, 9.17) is 5.73 Å². The van der Waals surface area contributed by atoms with Crippen molar-refractivity contribution in [1.29, 1.82) is 0 Å². The number of halogens is 4. The van der Waals surface area contributed by atoms with E-state index in [1.807, 2.05) is 0 Å². The highest BCUT2D eigenvalue weighted by Gasteiger charge is 2.70. The van der Waals surface area contributed by atoms with Crippen LogP contribution in [0.25, 0.3) is 0 Å². The standard InChI is InChI=1S/C7H6F4NO/c8-6(9)3-4(7(6,10)11)1-2-5(12)13/h1-2,4,12H,3H2/b2-1+. The number of carbonyl (C=O) groups excluding carboxylic acids is 1. The Hall–Kier alpha value is -1.07. The second-order valence-electron chi connectivity index (χ2n) is 2.86. The smallest absolute Gasteiger partial charge is 0.268 e. The van der Waals surface area contributed by atoms with Gasteiger partial charge < -0.3 is 0 Å². The third-order valence-electron chi connectivity index (χ3n) is 1.91. The topological polar surface area (TPSA) is 40.9 Å². The zero-order chi connectivity index (χ0) is 10.3. The fourth-order valence-corrected chi connectivity index (χ4v) is 1.07. The van der Waals surface area contributed by atoms with Crippen LogP contribution in [-0.2, 0) is 4.79 Å². The Kier molecular flexibility index (Phi) is 2.09. The molecule has 0 heterocycles. The molecule has 0 aromatic carbocycles. The van der Waals surface area contributed by atoms with Crippen LogP contribution in [-0.4, -0.2) is 17.8 Å². The maximum Gasteiger partial charge on any atom is 0.316 e. The lowest BCUT2D eigenvalue weighted by molar-refractivity contribution is -0.301. The first-order chi connectivity index (χ1) is 5.77. The van der Waals surface area contributed by atoms with Gasteiger partial charge in [-0.1, -0.05) is 6.08 Å². The summed E-state index contributed by atoms with van der Waals surface area (Å²) < 4.78 is 49.3. The van der Waals surface area contributed by atoms with Crippen molar-refractivity contribution in [2.75, 3.05) is 0 Å². The molecule has 6 heteroatoms. The van der Waals surface area contributed by atoms with Gasteiger partial charge in [-0.2, -0.15) is 17.6 Å². The molecule has 2 nitrogen and oxygen atoms in total. The molecule has 0 spiro atoms. The van der Waals surface area contributed by atoms with E-state index in [2.05, 4.69) is 0 Å². The van der Waals surface area contributed by atoms with Gasteiger partial charge in [0, 0.05) is 12.5 Å². The predicted octanol–water partition coefficient (Wildman–Crippen LogP) is 1.64. The molecule has 1 unspecified atom stereocenters. The number of rotatable bonds is 2. The molecule has 1 atom stereocenters. The van der Waals surface area contributed by atoms with E-state index >= 15 is 0 Å². The Bertz CT molecular complexity index is 261. The van der Waals surface area contributed by atoms with Crippen molar-refractivity contribution in [2.24, 2.45) is 5.92 Å². The van der Waals surface area contributed by atoms with Crippen molar-refractivity contribution in [3.05, 3.63) is 12.2 Å². The number of alkyl halides is 4. The number of amides is 1. The maximum absolute atomic E-state index is 12.5. The first kappa shape index (κ1) is 10.0. The van der Waals surface area contributed by atoms with E-state index in [1.54, 1.807) is 0 Å². The zero-order valence-corrected chi connectivity index (χ0v) is 6.36. The largest absolute Gasteiger partial charge is 0.316 e. The molecule has 1 aliphatic carbocycles. The summed E-state index contributed by atoms with van der Waals surface area (Å²) in [7, 11) is 0. The fraction of sp³-hybridized carbons (Fsp3) is 0.571. The molecule has 0 aromatic heterocycles. The Morgan fingerprint density at radius 2 is 1.92 bits per heavy atom. The van der Waals surface area contributed by atoms with Gasteiger partial charge in [0.1, 0.15) is 0 Å². The van der Waals surface area contributed by atoms with Gasteiger partial charge in [0.2, 0.25) is 0 Å². The van der Waals surface area contributed by atoms with Crippen LogP contribution in [0, 0.1) is 5.92 Å². The predicted molar refractivity (Wildman–Crippen MR) is 35.2 cm³/mol. The average molecular weight is 196 g/mol. The van der Waals surface area contributed by atoms with E-state index in [0.29, 0.717) is 12.2 Å². The third kappa shape index (κ3) is 1.52. The second kappa shape index (κ2) is 2.71. The van der Waals surface area contributed by atoms with Gasteiger partial charge >= 0.3 is 11.8 Å². The van der Waals surface area contributed by atoms with Gasteiger partial charge in [0.15, 0.2) is 0 Å². The minimum absolute atomic E-state index is 0.563. The highest BCUT2D eigenvalue weighted by atomic mass is 19.3. The fourth-order valence-electron chi connectivity index (χ4n) is 1.07.